The van der Waals surface area contributed by atoms with Crippen LogP contribution >= 0.6 is 0 Å². The van der Waals surface area contributed by atoms with Gasteiger partial charge in [0.1, 0.15) is 4.90 Å². The van der Waals surface area contributed by atoms with Crippen molar-refractivity contribution in [2.24, 2.45) is 0 Å². The minimum atomic E-state index is -4.47. The lowest BCUT2D eigenvalue weighted by Crippen LogP contribution is -2.11. The largest absolute Gasteiger partial charge is 0.378 e. The molecule has 0 aliphatic rings. The number of anilines is 1. The second-order valence-electron chi connectivity index (χ2n) is 5.75. The van der Waals surface area contributed by atoms with Crippen molar-refractivity contribution in [2.45, 2.75) is 11.8 Å². The number of carbonyl (C=O) groups excluding carboxylic acids is 1. The van der Waals surface area contributed by atoms with Crippen LogP contribution in [-0.2, 0) is 14.9 Å². The van der Waals surface area contributed by atoms with Gasteiger partial charge in [-0.15, -0.1) is 0 Å². The highest BCUT2D eigenvalue weighted by atomic mass is 32.2. The molecule has 144 valence electrons. The van der Waals surface area contributed by atoms with Crippen molar-refractivity contribution in [3.63, 3.8) is 0 Å². The molecule has 0 spiro atoms. The van der Waals surface area contributed by atoms with E-state index >= 15 is 0 Å². The average Bonchev–Trinajstić information content (AvgIpc) is 2.63. The molecule has 3 aromatic rings. The van der Waals surface area contributed by atoms with Gasteiger partial charge in [-0.1, -0.05) is 24.3 Å². The van der Waals surface area contributed by atoms with E-state index in [2.05, 4.69) is 5.32 Å². The first-order valence-corrected chi connectivity index (χ1v) is 9.27. The molecule has 0 bridgehead atoms. The van der Waals surface area contributed by atoms with Crippen LogP contribution in [0.4, 0.5) is 15.8 Å². The van der Waals surface area contributed by atoms with E-state index in [-0.39, 0.29) is 11.7 Å². The van der Waals surface area contributed by atoms with Crippen LogP contribution in [0.2, 0.25) is 0 Å². The van der Waals surface area contributed by atoms with Crippen molar-refractivity contribution in [1.82, 2.24) is 0 Å². The van der Waals surface area contributed by atoms with Gasteiger partial charge in [0.25, 0.3) is 0 Å². The highest BCUT2D eigenvalue weighted by molar-refractivity contribution is 7.87. The van der Waals surface area contributed by atoms with Gasteiger partial charge in [0.05, 0.1) is 4.92 Å². The molecule has 0 heterocycles. The van der Waals surface area contributed by atoms with Gasteiger partial charge >= 0.3 is 15.8 Å². The number of hydrogen-bond acceptors (Lipinski definition) is 6. The fourth-order valence-electron chi connectivity index (χ4n) is 2.60. The molecule has 0 aliphatic carbocycles. The predicted octanol–water partition coefficient (Wildman–Crippen LogP) is 3.61. The quantitative estimate of drug-likeness (QED) is 0.395. The molecule has 0 atom stereocenters. The van der Waals surface area contributed by atoms with Crippen LogP contribution in [0.25, 0.3) is 10.8 Å². The summed E-state index contributed by atoms with van der Waals surface area (Å²) in [6.45, 7) is 1.34. The van der Waals surface area contributed by atoms with Crippen LogP contribution in [0.3, 0.4) is 0 Å². The summed E-state index contributed by atoms with van der Waals surface area (Å²) < 4.78 is 43.7. The van der Waals surface area contributed by atoms with Crippen molar-refractivity contribution in [2.75, 3.05) is 5.32 Å². The Balaban J connectivity index is 2.06. The zero-order chi connectivity index (χ0) is 20.5. The number of halogens is 1. The monoisotopic (exact) mass is 404 g/mol. The summed E-state index contributed by atoms with van der Waals surface area (Å²) in [5.74, 6) is -1.50. The lowest BCUT2D eigenvalue weighted by atomic mass is 10.1. The van der Waals surface area contributed by atoms with E-state index in [1.54, 1.807) is 24.3 Å². The van der Waals surface area contributed by atoms with E-state index in [0.717, 1.165) is 6.07 Å². The second kappa shape index (κ2) is 7.24. The number of nitro groups is 1. The Morgan fingerprint density at radius 2 is 1.79 bits per heavy atom. The highest BCUT2D eigenvalue weighted by Crippen LogP contribution is 2.34. The molecule has 0 radical (unpaired) electrons. The molecule has 0 saturated heterocycles. The van der Waals surface area contributed by atoms with E-state index < -0.39 is 31.4 Å². The van der Waals surface area contributed by atoms with E-state index in [9.17, 15) is 27.7 Å². The molecule has 28 heavy (non-hydrogen) atoms. The van der Waals surface area contributed by atoms with Gasteiger partial charge in [-0.05, 0) is 24.3 Å². The number of carbonyl (C=O) groups is 1. The van der Waals surface area contributed by atoms with Crippen LogP contribution in [0.15, 0.2) is 59.5 Å². The summed E-state index contributed by atoms with van der Waals surface area (Å²) >= 11 is 0. The summed E-state index contributed by atoms with van der Waals surface area (Å²) in [5, 5.41) is 14.4. The topological polar surface area (TPSA) is 116 Å². The number of amides is 1. The molecule has 0 fully saturated rings. The Hall–Kier alpha value is -3.53. The van der Waals surface area contributed by atoms with Crippen LogP contribution in [0.5, 0.6) is 5.75 Å². The van der Waals surface area contributed by atoms with E-state index in [1.807, 2.05) is 0 Å². The lowest BCUT2D eigenvalue weighted by molar-refractivity contribution is -0.387. The fourth-order valence-corrected chi connectivity index (χ4v) is 3.57. The van der Waals surface area contributed by atoms with Crippen molar-refractivity contribution in [3.05, 3.63) is 70.5 Å². The van der Waals surface area contributed by atoms with Gasteiger partial charge in [0.2, 0.25) is 11.7 Å². The molecule has 10 heteroatoms. The summed E-state index contributed by atoms with van der Waals surface area (Å²) in [4.78, 5) is 20.6. The Kier molecular flexibility index (Phi) is 4.97. The Morgan fingerprint density at radius 1 is 1.11 bits per heavy atom. The van der Waals surface area contributed by atoms with Gasteiger partial charge in [-0.2, -0.15) is 12.8 Å². The minimum absolute atomic E-state index is 0.0447. The zero-order valence-corrected chi connectivity index (χ0v) is 15.2. The van der Waals surface area contributed by atoms with E-state index in [0.29, 0.717) is 28.6 Å². The first-order valence-electron chi connectivity index (χ1n) is 7.87. The maximum atomic E-state index is 13.5. The maximum Gasteiger partial charge on any atom is 0.339 e. The van der Waals surface area contributed by atoms with Crippen molar-refractivity contribution in [3.8, 4) is 5.75 Å². The third-order valence-electron chi connectivity index (χ3n) is 3.80. The van der Waals surface area contributed by atoms with Crippen LogP contribution < -0.4 is 9.50 Å². The summed E-state index contributed by atoms with van der Waals surface area (Å²) in [6.07, 6.45) is 0. The van der Waals surface area contributed by atoms with Gasteiger partial charge in [-0.3, -0.25) is 14.9 Å². The third kappa shape index (κ3) is 3.76. The van der Waals surface area contributed by atoms with Crippen molar-refractivity contribution < 1.29 is 26.7 Å². The van der Waals surface area contributed by atoms with E-state index in [4.69, 9.17) is 4.18 Å². The normalized spacial score (nSPS) is 11.2. The smallest absolute Gasteiger partial charge is 0.339 e. The molecule has 1 N–H and O–H groups in total. The van der Waals surface area contributed by atoms with Crippen LogP contribution in [-0.4, -0.2) is 19.2 Å². The number of hydrogen-bond donors (Lipinski definition) is 1. The van der Waals surface area contributed by atoms with E-state index in [1.165, 1.54) is 19.1 Å². The molecule has 3 aromatic carbocycles. The van der Waals surface area contributed by atoms with Crippen LogP contribution in [0.1, 0.15) is 6.92 Å². The highest BCUT2D eigenvalue weighted by Gasteiger charge is 2.24. The van der Waals surface area contributed by atoms with Gasteiger partial charge in [-0.25, -0.2) is 0 Å². The third-order valence-corrected chi connectivity index (χ3v) is 5.03. The first kappa shape index (κ1) is 19.2. The molecule has 0 saturated carbocycles. The molecule has 3 rings (SSSR count). The fraction of sp³-hybridized carbons (Fsp3) is 0.0556. The Labute approximate surface area is 158 Å². The number of nitro benzene ring substituents is 1. The summed E-state index contributed by atoms with van der Waals surface area (Å²) in [5.41, 5.74) is -0.513. The van der Waals surface area contributed by atoms with Gasteiger partial charge in [0.15, 0.2) is 5.75 Å². The van der Waals surface area contributed by atoms with Crippen molar-refractivity contribution >= 4 is 38.2 Å². The molecule has 0 unspecified atom stereocenters. The van der Waals surface area contributed by atoms with Gasteiger partial charge in [0, 0.05) is 29.4 Å². The standard InChI is InChI=1S/C18H13FN2O6S/c1-11(22)20-16-8-9-18(14-5-3-2-4-13(14)16)27-28(25,26)12-6-7-15(19)17(10-12)21(23)24/h2-10H,1H3,(H,20,22). The predicted molar refractivity (Wildman–Crippen MR) is 99.1 cm³/mol. The number of rotatable bonds is 5. The molecular formula is C18H13FN2O6S. The minimum Gasteiger partial charge on any atom is -0.378 e. The summed E-state index contributed by atoms with van der Waals surface area (Å²) in [7, 11) is -4.47. The molecule has 1 amide bonds. The lowest BCUT2D eigenvalue weighted by Gasteiger charge is -2.13. The molecular weight excluding hydrogens is 391 g/mol. The molecule has 0 aromatic heterocycles. The number of fused-ring (bicyclic) bond motifs is 1. The number of nitrogens with zero attached hydrogens (tertiary/aromatic N) is 1. The number of nitrogens with one attached hydrogen (secondary N) is 1. The zero-order valence-electron chi connectivity index (χ0n) is 14.4. The summed E-state index contributed by atoms with van der Waals surface area (Å²) in [6, 6.07) is 11.6. The number of benzene rings is 3. The maximum absolute atomic E-state index is 13.5. The second-order valence-corrected chi connectivity index (χ2v) is 7.29. The first-order chi connectivity index (χ1) is 13.2. The Morgan fingerprint density at radius 3 is 2.43 bits per heavy atom. The molecule has 8 nitrogen and oxygen atoms in total. The average molecular weight is 404 g/mol. The Bertz CT molecular complexity index is 1210. The van der Waals surface area contributed by atoms with Crippen molar-refractivity contribution in [1.29, 1.82) is 0 Å². The molecule has 0 aliphatic heterocycles. The van der Waals surface area contributed by atoms with Crippen LogP contribution in [0, 0.1) is 15.9 Å². The SMILES string of the molecule is CC(=O)Nc1ccc(OS(=O)(=O)c2ccc(F)c([N+](=O)[O-])c2)c2ccccc12. The van der Waals surface area contributed by atoms with Gasteiger partial charge < -0.3 is 9.50 Å².